The van der Waals surface area contributed by atoms with Gasteiger partial charge in [0.2, 0.25) is 0 Å². The monoisotopic (exact) mass is 212 g/mol. The van der Waals surface area contributed by atoms with Crippen LogP contribution in [-0.4, -0.2) is 10.2 Å². The Labute approximate surface area is 83.7 Å². The second-order valence-corrected chi connectivity index (χ2v) is 3.06. The molecule has 0 unspecified atom stereocenters. The van der Waals surface area contributed by atoms with Crippen LogP contribution in [0.5, 0.6) is 0 Å². The van der Waals surface area contributed by atoms with Crippen LogP contribution in [0.3, 0.4) is 0 Å². The largest absolute Gasteiger partial charge is 0.285 e. The summed E-state index contributed by atoms with van der Waals surface area (Å²) in [6.07, 6.45) is 0.292. The van der Waals surface area contributed by atoms with Crippen molar-refractivity contribution < 1.29 is 13.2 Å². The van der Waals surface area contributed by atoms with E-state index < -0.39 is 12.2 Å². The topological polar surface area (TPSA) is 28.7 Å². The van der Waals surface area contributed by atoms with Crippen LogP contribution >= 0.6 is 0 Å². The molecule has 0 aliphatic carbocycles. The van der Waals surface area contributed by atoms with Crippen molar-refractivity contribution in [2.75, 3.05) is 0 Å². The lowest BCUT2D eigenvalue weighted by molar-refractivity contribution is 0.151. The van der Waals surface area contributed by atoms with Gasteiger partial charge in [0.1, 0.15) is 5.82 Å². The summed E-state index contributed by atoms with van der Waals surface area (Å²) < 4.78 is 37.8. The van der Waals surface area contributed by atoms with E-state index in [9.17, 15) is 13.2 Å². The zero-order chi connectivity index (χ0) is 10.8. The first-order valence-electron chi connectivity index (χ1n) is 4.24. The maximum absolute atomic E-state index is 13.0. The van der Waals surface area contributed by atoms with Gasteiger partial charge in [-0.1, -0.05) is 0 Å². The fraction of sp³-hybridized carbons (Fsp3) is 0.100. The van der Waals surface area contributed by atoms with Gasteiger partial charge in [0.05, 0.1) is 6.20 Å². The van der Waals surface area contributed by atoms with E-state index in [0.29, 0.717) is 11.1 Å². The molecule has 0 fully saturated rings. The van der Waals surface area contributed by atoms with Crippen molar-refractivity contribution >= 4 is 0 Å². The van der Waals surface area contributed by atoms with E-state index in [1.165, 1.54) is 24.5 Å². The molecule has 0 atom stereocenters. The number of aromatic nitrogens is 2. The highest BCUT2D eigenvalue weighted by Gasteiger charge is 2.11. The van der Waals surface area contributed by atoms with Gasteiger partial charge in [-0.25, -0.2) is 13.2 Å². The second kappa shape index (κ2) is 3.76. The third-order valence-electron chi connectivity index (χ3n) is 2.00. The van der Waals surface area contributed by atoms with E-state index in [2.05, 4.69) is 10.2 Å². The molecule has 5 heteroatoms. The van der Waals surface area contributed by atoms with Crippen molar-refractivity contribution in [3.8, 4) is 11.1 Å². The summed E-state index contributed by atoms with van der Waals surface area (Å²) >= 11 is 0. The maximum Gasteiger partial charge on any atom is 0.263 e. The third-order valence-corrected chi connectivity index (χ3v) is 2.00. The zero-order valence-electron chi connectivity index (χ0n) is 7.55. The van der Waals surface area contributed by atoms with E-state index >= 15 is 0 Å². The Morgan fingerprint density at radius 1 is 1.13 bits per heavy atom. The summed E-state index contributed by atoms with van der Waals surface area (Å²) in [5.74, 6) is -0.677. The van der Waals surface area contributed by atoms with Crippen LogP contribution in [0.15, 0.2) is 30.6 Å². The standard InChI is InChI=1S/C10H7F3N2/c11-9-2-6(8-4-14-15-5-8)1-7(3-9)10(12)13/h1-5,10H,(H,14,15). The average Bonchev–Trinajstić information content (AvgIpc) is 2.69. The Kier molecular flexibility index (Phi) is 2.45. The molecule has 2 rings (SSSR count). The number of alkyl halides is 2. The van der Waals surface area contributed by atoms with Crippen LogP contribution in [-0.2, 0) is 0 Å². The van der Waals surface area contributed by atoms with Crippen LogP contribution in [0.25, 0.3) is 11.1 Å². The smallest absolute Gasteiger partial charge is 0.263 e. The van der Waals surface area contributed by atoms with Gasteiger partial charge in [-0.2, -0.15) is 5.10 Å². The number of hydrogen-bond donors (Lipinski definition) is 1. The van der Waals surface area contributed by atoms with Gasteiger partial charge in [-0.3, -0.25) is 5.10 Å². The molecule has 1 heterocycles. The Bertz CT molecular complexity index is 452. The number of H-pyrrole nitrogens is 1. The fourth-order valence-corrected chi connectivity index (χ4v) is 1.31. The van der Waals surface area contributed by atoms with Gasteiger partial charge >= 0.3 is 0 Å². The summed E-state index contributed by atoms with van der Waals surface area (Å²) in [5, 5.41) is 6.20. The normalized spacial score (nSPS) is 10.9. The molecule has 0 spiro atoms. The van der Waals surface area contributed by atoms with Gasteiger partial charge < -0.3 is 0 Å². The molecule has 15 heavy (non-hydrogen) atoms. The summed E-state index contributed by atoms with van der Waals surface area (Å²) in [7, 11) is 0. The minimum Gasteiger partial charge on any atom is -0.285 e. The first-order valence-corrected chi connectivity index (χ1v) is 4.24. The van der Waals surface area contributed by atoms with Gasteiger partial charge in [0, 0.05) is 17.3 Å². The summed E-state index contributed by atoms with van der Waals surface area (Å²) in [6, 6.07) is 3.27. The molecule has 2 nitrogen and oxygen atoms in total. The molecule has 0 amide bonds. The second-order valence-electron chi connectivity index (χ2n) is 3.06. The van der Waals surface area contributed by atoms with Gasteiger partial charge in [0.25, 0.3) is 6.43 Å². The minimum atomic E-state index is -2.67. The number of benzene rings is 1. The lowest BCUT2D eigenvalue weighted by Gasteiger charge is -2.03. The van der Waals surface area contributed by atoms with Crippen LogP contribution in [0.1, 0.15) is 12.0 Å². The van der Waals surface area contributed by atoms with Gasteiger partial charge in [0.15, 0.2) is 0 Å². The minimum absolute atomic E-state index is 0.328. The maximum atomic E-state index is 13.0. The molecule has 2 aromatic rings. The number of hydrogen-bond acceptors (Lipinski definition) is 1. The average molecular weight is 212 g/mol. The molecule has 0 radical (unpaired) electrons. The molecule has 0 saturated heterocycles. The highest BCUT2D eigenvalue weighted by atomic mass is 19.3. The molecule has 78 valence electrons. The van der Waals surface area contributed by atoms with Crippen molar-refractivity contribution in [3.05, 3.63) is 42.0 Å². The Hall–Kier alpha value is -1.78. The molecule has 1 aromatic heterocycles. The Morgan fingerprint density at radius 2 is 1.93 bits per heavy atom. The molecule has 1 N–H and O–H groups in total. The highest BCUT2D eigenvalue weighted by molar-refractivity contribution is 5.62. The summed E-state index contributed by atoms with van der Waals surface area (Å²) in [5.41, 5.74) is 0.640. The van der Waals surface area contributed by atoms with Crippen molar-refractivity contribution in [3.63, 3.8) is 0 Å². The predicted molar refractivity (Wildman–Crippen MR) is 48.9 cm³/mol. The molecular weight excluding hydrogens is 205 g/mol. The summed E-state index contributed by atoms with van der Waals surface area (Å²) in [4.78, 5) is 0. The first kappa shape index (κ1) is 9.76. The molecule has 0 bridgehead atoms. The van der Waals surface area contributed by atoms with Crippen molar-refractivity contribution in [1.29, 1.82) is 0 Å². The van der Waals surface area contributed by atoms with E-state index in [-0.39, 0.29) is 5.56 Å². The SMILES string of the molecule is Fc1cc(-c2cn[nH]c2)cc(C(F)F)c1. The molecule has 0 aliphatic heterocycles. The quantitative estimate of drug-likeness (QED) is 0.813. The van der Waals surface area contributed by atoms with E-state index in [1.54, 1.807) is 0 Å². The number of halogens is 3. The number of nitrogens with zero attached hydrogens (tertiary/aromatic N) is 1. The van der Waals surface area contributed by atoms with Gasteiger partial charge in [-0.15, -0.1) is 0 Å². The molecule has 0 saturated carbocycles. The number of aromatic amines is 1. The van der Waals surface area contributed by atoms with E-state index in [4.69, 9.17) is 0 Å². The van der Waals surface area contributed by atoms with Crippen LogP contribution < -0.4 is 0 Å². The van der Waals surface area contributed by atoms with Crippen LogP contribution in [0.4, 0.5) is 13.2 Å². The zero-order valence-corrected chi connectivity index (χ0v) is 7.55. The lowest BCUT2D eigenvalue weighted by atomic mass is 10.1. The lowest BCUT2D eigenvalue weighted by Crippen LogP contribution is -1.88. The van der Waals surface area contributed by atoms with Crippen molar-refractivity contribution in [2.24, 2.45) is 0 Å². The fourth-order valence-electron chi connectivity index (χ4n) is 1.31. The summed E-state index contributed by atoms with van der Waals surface area (Å²) in [6.45, 7) is 0. The van der Waals surface area contributed by atoms with Crippen molar-refractivity contribution in [1.82, 2.24) is 10.2 Å². The number of nitrogens with one attached hydrogen (secondary N) is 1. The van der Waals surface area contributed by atoms with Crippen LogP contribution in [0, 0.1) is 5.82 Å². The number of rotatable bonds is 2. The predicted octanol–water partition coefficient (Wildman–Crippen LogP) is 3.15. The van der Waals surface area contributed by atoms with E-state index in [0.717, 1.165) is 6.07 Å². The third kappa shape index (κ3) is 2.01. The van der Waals surface area contributed by atoms with E-state index in [1.807, 2.05) is 0 Å². The molecular formula is C10H7F3N2. The Morgan fingerprint density at radius 3 is 2.53 bits per heavy atom. The van der Waals surface area contributed by atoms with Crippen molar-refractivity contribution in [2.45, 2.75) is 6.43 Å². The molecule has 1 aromatic carbocycles. The van der Waals surface area contributed by atoms with Gasteiger partial charge in [-0.05, 0) is 23.8 Å². The first-order chi connectivity index (χ1) is 7.16. The van der Waals surface area contributed by atoms with Crippen LogP contribution in [0.2, 0.25) is 0 Å². The Balaban J connectivity index is 2.49. The highest BCUT2D eigenvalue weighted by Crippen LogP contribution is 2.26. The molecule has 0 aliphatic rings.